The molecule has 0 fully saturated rings. The van der Waals surface area contributed by atoms with E-state index in [4.69, 9.17) is 15.8 Å². The molecule has 0 aliphatic heterocycles. The molecule has 138 valence electrons. The van der Waals surface area contributed by atoms with Gasteiger partial charge >= 0.3 is 10.1 Å². The Kier molecular flexibility index (Phi) is 5.63. The number of nitrogens with zero attached hydrogens (tertiary/aromatic N) is 1. The van der Waals surface area contributed by atoms with Crippen LogP contribution in [0, 0.1) is 13.8 Å². The molecule has 0 N–H and O–H groups in total. The van der Waals surface area contributed by atoms with E-state index in [0.29, 0.717) is 10.6 Å². The van der Waals surface area contributed by atoms with Gasteiger partial charge in [-0.1, -0.05) is 47.5 Å². The second-order valence-corrected chi connectivity index (χ2v) is 8.06. The maximum atomic E-state index is 12.6. The van der Waals surface area contributed by atoms with Crippen molar-refractivity contribution in [3.8, 4) is 5.75 Å². The van der Waals surface area contributed by atoms with Gasteiger partial charge in [-0.25, -0.2) is 0 Å². The van der Waals surface area contributed by atoms with Crippen molar-refractivity contribution in [3.05, 3.63) is 88.4 Å². The summed E-state index contributed by atoms with van der Waals surface area (Å²) in [6.45, 7) is 3.83. The minimum absolute atomic E-state index is 0.0878. The molecule has 0 atom stereocenters. The first-order valence-electron chi connectivity index (χ1n) is 8.25. The number of hydrogen-bond acceptors (Lipinski definition) is 4. The highest BCUT2D eigenvalue weighted by Crippen LogP contribution is 2.26. The van der Waals surface area contributed by atoms with E-state index < -0.39 is 10.1 Å². The van der Waals surface area contributed by atoms with Gasteiger partial charge in [-0.3, -0.25) is 4.99 Å². The van der Waals surface area contributed by atoms with Gasteiger partial charge in [0.05, 0.1) is 5.69 Å². The van der Waals surface area contributed by atoms with Gasteiger partial charge in [0.2, 0.25) is 0 Å². The van der Waals surface area contributed by atoms with E-state index >= 15 is 0 Å². The Balaban J connectivity index is 1.95. The van der Waals surface area contributed by atoms with Crippen molar-refractivity contribution in [3.63, 3.8) is 0 Å². The summed E-state index contributed by atoms with van der Waals surface area (Å²) >= 11 is 6.07. The third-order valence-electron chi connectivity index (χ3n) is 3.94. The smallest absolute Gasteiger partial charge is 0.339 e. The Morgan fingerprint density at radius 3 is 2.37 bits per heavy atom. The zero-order valence-electron chi connectivity index (χ0n) is 14.9. The van der Waals surface area contributed by atoms with Crippen LogP contribution in [0.25, 0.3) is 0 Å². The van der Waals surface area contributed by atoms with Gasteiger partial charge in [0.25, 0.3) is 0 Å². The van der Waals surface area contributed by atoms with Crippen LogP contribution in [0.1, 0.15) is 16.7 Å². The molecule has 0 spiro atoms. The molecule has 0 aliphatic rings. The van der Waals surface area contributed by atoms with Crippen LogP contribution in [0.15, 0.2) is 76.6 Å². The van der Waals surface area contributed by atoms with Crippen LogP contribution in [0.2, 0.25) is 5.02 Å². The van der Waals surface area contributed by atoms with Crippen molar-refractivity contribution in [2.24, 2.45) is 4.99 Å². The monoisotopic (exact) mass is 399 g/mol. The van der Waals surface area contributed by atoms with E-state index in [1.807, 2.05) is 38.1 Å². The molecule has 3 aromatic rings. The SMILES string of the molecule is Cc1ccc(S(=O)(=O)Oc2ccc(Cl)cc2C=Nc2ccccc2C)cc1. The summed E-state index contributed by atoms with van der Waals surface area (Å²) in [6, 6.07) is 18.8. The number of aliphatic imine (C=N–C) groups is 1. The highest BCUT2D eigenvalue weighted by molar-refractivity contribution is 7.87. The summed E-state index contributed by atoms with van der Waals surface area (Å²) in [5.41, 5.74) is 3.23. The summed E-state index contributed by atoms with van der Waals surface area (Å²) in [5, 5.41) is 0.460. The Bertz CT molecular complexity index is 1090. The van der Waals surface area contributed by atoms with E-state index in [9.17, 15) is 8.42 Å². The standard InChI is InChI=1S/C21H18ClNO3S/c1-15-7-10-19(11-8-15)27(24,25)26-21-12-9-18(22)13-17(21)14-23-20-6-4-3-5-16(20)2/h3-14H,1-2H3. The molecular weight excluding hydrogens is 382 g/mol. The lowest BCUT2D eigenvalue weighted by molar-refractivity contribution is 0.485. The van der Waals surface area contributed by atoms with Crippen LogP contribution in [0.3, 0.4) is 0 Å². The van der Waals surface area contributed by atoms with Crippen molar-refractivity contribution in [1.82, 2.24) is 0 Å². The summed E-state index contributed by atoms with van der Waals surface area (Å²) < 4.78 is 30.5. The number of benzene rings is 3. The van der Waals surface area contributed by atoms with Crippen LogP contribution in [0.5, 0.6) is 5.75 Å². The average Bonchev–Trinajstić information content (AvgIpc) is 2.63. The molecule has 27 heavy (non-hydrogen) atoms. The number of hydrogen-bond donors (Lipinski definition) is 0. The second-order valence-electron chi connectivity index (χ2n) is 6.08. The Labute approximate surface area is 164 Å². The van der Waals surface area contributed by atoms with Gasteiger partial charge in [-0.05, 0) is 55.8 Å². The van der Waals surface area contributed by atoms with Crippen LogP contribution in [0.4, 0.5) is 5.69 Å². The van der Waals surface area contributed by atoms with Gasteiger partial charge in [0.15, 0.2) is 5.75 Å². The maximum Gasteiger partial charge on any atom is 0.339 e. The molecule has 4 nitrogen and oxygen atoms in total. The van der Waals surface area contributed by atoms with Crippen molar-refractivity contribution >= 4 is 33.6 Å². The van der Waals surface area contributed by atoms with Gasteiger partial charge in [0, 0.05) is 16.8 Å². The molecule has 0 bridgehead atoms. The minimum atomic E-state index is -3.96. The Hall–Kier alpha value is -2.63. The van der Waals surface area contributed by atoms with Gasteiger partial charge in [-0.2, -0.15) is 8.42 Å². The van der Waals surface area contributed by atoms with Crippen molar-refractivity contribution in [1.29, 1.82) is 0 Å². The lowest BCUT2D eigenvalue weighted by Crippen LogP contribution is -2.11. The Morgan fingerprint density at radius 2 is 1.67 bits per heavy atom. The third kappa shape index (κ3) is 4.76. The van der Waals surface area contributed by atoms with E-state index in [1.54, 1.807) is 30.5 Å². The second kappa shape index (κ2) is 7.94. The van der Waals surface area contributed by atoms with Crippen molar-refractivity contribution < 1.29 is 12.6 Å². The molecule has 0 aromatic heterocycles. The van der Waals surface area contributed by atoms with Gasteiger partial charge in [0.1, 0.15) is 4.90 Å². The van der Waals surface area contributed by atoms with Crippen LogP contribution < -0.4 is 4.18 Å². The largest absolute Gasteiger partial charge is 0.378 e. The molecule has 0 aliphatic carbocycles. The highest BCUT2D eigenvalue weighted by atomic mass is 35.5. The molecule has 3 aromatic carbocycles. The van der Waals surface area contributed by atoms with Crippen molar-refractivity contribution in [2.45, 2.75) is 18.7 Å². The lowest BCUT2D eigenvalue weighted by atomic mass is 10.2. The summed E-state index contributed by atoms with van der Waals surface area (Å²) in [6.07, 6.45) is 1.55. The molecule has 0 heterocycles. The fraction of sp³-hybridized carbons (Fsp3) is 0.0952. The van der Waals surface area contributed by atoms with Crippen LogP contribution in [-0.2, 0) is 10.1 Å². The normalized spacial score (nSPS) is 11.7. The summed E-state index contributed by atoms with van der Waals surface area (Å²) in [4.78, 5) is 4.52. The van der Waals surface area contributed by atoms with Crippen molar-refractivity contribution in [2.75, 3.05) is 0 Å². The zero-order chi connectivity index (χ0) is 19.4. The van der Waals surface area contributed by atoms with Gasteiger partial charge in [-0.15, -0.1) is 0 Å². The predicted octanol–water partition coefficient (Wildman–Crippen LogP) is 5.48. The first kappa shape index (κ1) is 19.1. The Morgan fingerprint density at radius 1 is 0.963 bits per heavy atom. The number of para-hydroxylation sites is 1. The number of rotatable bonds is 5. The molecule has 6 heteroatoms. The molecule has 0 unspecified atom stereocenters. The topological polar surface area (TPSA) is 55.7 Å². The molecule has 0 saturated carbocycles. The summed E-state index contributed by atoms with van der Waals surface area (Å²) in [5.74, 6) is 0.164. The number of aryl methyl sites for hydroxylation is 2. The first-order chi connectivity index (χ1) is 12.8. The summed E-state index contributed by atoms with van der Waals surface area (Å²) in [7, 11) is -3.96. The molecule has 0 radical (unpaired) electrons. The quantitative estimate of drug-likeness (QED) is 0.422. The van der Waals surface area contributed by atoms with Crippen LogP contribution >= 0.6 is 11.6 Å². The van der Waals surface area contributed by atoms with E-state index in [1.165, 1.54) is 18.2 Å². The fourth-order valence-corrected chi connectivity index (χ4v) is 3.55. The predicted molar refractivity (Wildman–Crippen MR) is 109 cm³/mol. The molecule has 0 saturated heterocycles. The molecule has 0 amide bonds. The molecule has 3 rings (SSSR count). The first-order valence-corrected chi connectivity index (χ1v) is 10.0. The van der Waals surface area contributed by atoms with E-state index in [2.05, 4.69) is 4.99 Å². The van der Waals surface area contributed by atoms with Gasteiger partial charge < -0.3 is 4.18 Å². The average molecular weight is 400 g/mol. The minimum Gasteiger partial charge on any atom is -0.378 e. The zero-order valence-corrected chi connectivity index (χ0v) is 16.5. The number of halogens is 1. The fourth-order valence-electron chi connectivity index (χ4n) is 2.41. The lowest BCUT2D eigenvalue weighted by Gasteiger charge is -2.10. The third-order valence-corrected chi connectivity index (χ3v) is 5.42. The van der Waals surface area contributed by atoms with E-state index in [-0.39, 0.29) is 10.6 Å². The highest BCUT2D eigenvalue weighted by Gasteiger charge is 2.18. The maximum absolute atomic E-state index is 12.6. The molecular formula is C21H18ClNO3S. The van der Waals surface area contributed by atoms with Crippen LogP contribution in [-0.4, -0.2) is 14.6 Å². The van der Waals surface area contributed by atoms with E-state index in [0.717, 1.165) is 16.8 Å².